The summed E-state index contributed by atoms with van der Waals surface area (Å²) in [6.45, 7) is 9.99. The number of morpholine rings is 1. The normalized spacial score (nSPS) is 14.8. The largest absolute Gasteiger partial charge is 0.497 e. The summed E-state index contributed by atoms with van der Waals surface area (Å²) in [5, 5.41) is 40.2. The Labute approximate surface area is 183 Å². The molecule has 1 aliphatic heterocycles. The van der Waals surface area contributed by atoms with Crippen LogP contribution in [0.3, 0.4) is 0 Å². The number of aromatic hydroxyl groups is 1. The highest BCUT2D eigenvalue weighted by molar-refractivity contribution is 5.70. The minimum absolute atomic E-state index is 0.0901. The van der Waals surface area contributed by atoms with Gasteiger partial charge in [-0.1, -0.05) is 13.8 Å². The molecule has 1 atom stereocenters. The van der Waals surface area contributed by atoms with Gasteiger partial charge >= 0.3 is 17.3 Å². The Morgan fingerprint density at radius 2 is 1.59 bits per heavy atom. The van der Waals surface area contributed by atoms with E-state index < -0.39 is 37.6 Å². The fraction of sp³-hybridized carbons (Fsp3) is 0.611. The zero-order valence-corrected chi connectivity index (χ0v) is 18.0. The van der Waals surface area contributed by atoms with Gasteiger partial charge in [0.25, 0.3) is 11.4 Å². The van der Waals surface area contributed by atoms with Crippen molar-refractivity contribution < 1.29 is 34.1 Å². The van der Waals surface area contributed by atoms with Crippen molar-refractivity contribution >= 4 is 23.0 Å². The van der Waals surface area contributed by atoms with Gasteiger partial charge in [-0.3, -0.25) is 40.0 Å². The second kappa shape index (κ2) is 12.5. The number of esters is 1. The average molecular weight is 458 g/mol. The standard InChI is InChI=1S/C12H23NO3.C6H3N3O7/c1-4-16-12(14)9-11(10(2)3)13-5-7-15-8-6-13;10-6-4(8(13)14)1-3(7(11)12)2-5(6)9(15)16/h10-11H,4-9H2,1-3H3;1-2,10H. The van der Waals surface area contributed by atoms with Gasteiger partial charge in [-0.15, -0.1) is 0 Å². The molecule has 178 valence electrons. The zero-order chi connectivity index (χ0) is 24.4. The maximum absolute atomic E-state index is 11.5. The van der Waals surface area contributed by atoms with Crippen molar-refractivity contribution in [1.29, 1.82) is 0 Å². The average Bonchev–Trinajstić information content (AvgIpc) is 2.72. The van der Waals surface area contributed by atoms with Crippen molar-refractivity contribution in [3.8, 4) is 5.75 Å². The molecule has 1 heterocycles. The molecule has 0 amide bonds. The van der Waals surface area contributed by atoms with Crippen molar-refractivity contribution in [2.24, 2.45) is 5.92 Å². The van der Waals surface area contributed by atoms with Gasteiger partial charge in [-0.05, 0) is 12.8 Å². The molecule has 1 aliphatic rings. The van der Waals surface area contributed by atoms with Crippen LogP contribution in [0.15, 0.2) is 12.1 Å². The lowest BCUT2D eigenvalue weighted by Crippen LogP contribution is -2.47. The lowest BCUT2D eigenvalue weighted by Gasteiger charge is -2.36. The highest BCUT2D eigenvalue weighted by Gasteiger charge is 2.30. The van der Waals surface area contributed by atoms with E-state index in [1.54, 1.807) is 0 Å². The summed E-state index contributed by atoms with van der Waals surface area (Å²) in [4.78, 5) is 41.6. The number of benzene rings is 1. The van der Waals surface area contributed by atoms with Crippen LogP contribution in [0.2, 0.25) is 0 Å². The first-order chi connectivity index (χ1) is 15.0. The number of phenolic OH excluding ortho intramolecular Hbond substituents is 1. The van der Waals surface area contributed by atoms with E-state index in [0.29, 0.717) is 31.1 Å². The van der Waals surface area contributed by atoms with Crippen LogP contribution in [0.1, 0.15) is 27.2 Å². The molecule has 1 aromatic carbocycles. The fourth-order valence-corrected chi connectivity index (χ4v) is 3.06. The maximum Gasteiger partial charge on any atom is 0.324 e. The van der Waals surface area contributed by atoms with Gasteiger partial charge in [0.05, 0.1) is 53.1 Å². The Balaban J connectivity index is 0.000000320. The summed E-state index contributed by atoms with van der Waals surface area (Å²) in [7, 11) is 0. The molecule has 0 radical (unpaired) electrons. The van der Waals surface area contributed by atoms with Gasteiger partial charge in [0, 0.05) is 19.1 Å². The van der Waals surface area contributed by atoms with Crippen molar-refractivity contribution in [3.63, 3.8) is 0 Å². The van der Waals surface area contributed by atoms with E-state index in [2.05, 4.69) is 18.7 Å². The summed E-state index contributed by atoms with van der Waals surface area (Å²) in [5.74, 6) is -0.837. The highest BCUT2D eigenvalue weighted by atomic mass is 16.6. The van der Waals surface area contributed by atoms with Gasteiger partial charge in [-0.25, -0.2) is 0 Å². The number of carbonyl (C=O) groups excluding carboxylic acids is 1. The molecule has 14 nitrogen and oxygen atoms in total. The first kappa shape index (κ1) is 26.6. The van der Waals surface area contributed by atoms with Gasteiger partial charge in [0.2, 0.25) is 0 Å². The number of nitro benzene ring substituents is 3. The third kappa shape index (κ3) is 7.70. The lowest BCUT2D eigenvalue weighted by atomic mass is 9.99. The third-order valence-electron chi connectivity index (χ3n) is 4.62. The Morgan fingerprint density at radius 3 is 1.97 bits per heavy atom. The summed E-state index contributed by atoms with van der Waals surface area (Å²) in [5.41, 5.74) is -3.00. The molecule has 1 unspecified atom stereocenters. The second-order valence-corrected chi connectivity index (χ2v) is 7.07. The Hall–Kier alpha value is -3.39. The van der Waals surface area contributed by atoms with Crippen LogP contribution in [0.5, 0.6) is 5.75 Å². The Morgan fingerprint density at radius 1 is 1.09 bits per heavy atom. The van der Waals surface area contributed by atoms with Crippen LogP contribution in [0, 0.1) is 36.3 Å². The van der Waals surface area contributed by atoms with Crippen LogP contribution in [0.25, 0.3) is 0 Å². The SMILES string of the molecule is CCOC(=O)CC(C(C)C)N1CCOCC1.O=[N+]([O-])c1cc([N+](=O)[O-])c(O)c([N+](=O)[O-])c1. The van der Waals surface area contributed by atoms with Gasteiger partial charge < -0.3 is 14.6 Å². The molecule has 1 fully saturated rings. The van der Waals surface area contributed by atoms with Gasteiger partial charge in [-0.2, -0.15) is 0 Å². The number of nitrogens with zero attached hydrogens (tertiary/aromatic N) is 4. The minimum Gasteiger partial charge on any atom is -0.497 e. The summed E-state index contributed by atoms with van der Waals surface area (Å²) < 4.78 is 10.3. The number of nitro groups is 3. The number of ether oxygens (including phenoxy) is 2. The first-order valence-electron chi connectivity index (χ1n) is 9.77. The molecule has 0 spiro atoms. The van der Waals surface area contributed by atoms with Crippen molar-refractivity contribution in [3.05, 3.63) is 42.5 Å². The van der Waals surface area contributed by atoms with Crippen LogP contribution < -0.4 is 0 Å². The molecule has 0 aromatic heterocycles. The van der Waals surface area contributed by atoms with E-state index in [1.807, 2.05) is 6.92 Å². The van der Waals surface area contributed by atoms with E-state index in [-0.39, 0.29) is 12.0 Å². The smallest absolute Gasteiger partial charge is 0.324 e. The summed E-state index contributed by atoms with van der Waals surface area (Å²) >= 11 is 0. The van der Waals surface area contributed by atoms with Crippen LogP contribution in [-0.4, -0.2) is 69.7 Å². The number of non-ortho nitro benzene ring substituents is 1. The third-order valence-corrected chi connectivity index (χ3v) is 4.62. The molecule has 14 heteroatoms. The molecule has 0 aliphatic carbocycles. The van der Waals surface area contributed by atoms with E-state index in [9.17, 15) is 35.1 Å². The van der Waals surface area contributed by atoms with Gasteiger partial charge in [0.1, 0.15) is 0 Å². The predicted octanol–water partition coefficient (Wildman–Crippen LogP) is 2.41. The monoisotopic (exact) mass is 458 g/mol. The van der Waals surface area contributed by atoms with Crippen LogP contribution in [0.4, 0.5) is 17.1 Å². The van der Waals surface area contributed by atoms with Crippen molar-refractivity contribution in [2.45, 2.75) is 33.2 Å². The predicted molar refractivity (Wildman–Crippen MR) is 110 cm³/mol. The molecular formula is C18H26N4O10. The lowest BCUT2D eigenvalue weighted by molar-refractivity contribution is -0.404. The maximum atomic E-state index is 11.5. The first-order valence-corrected chi connectivity index (χ1v) is 9.77. The van der Waals surface area contributed by atoms with Crippen LogP contribution in [-0.2, 0) is 14.3 Å². The zero-order valence-electron chi connectivity index (χ0n) is 18.0. The summed E-state index contributed by atoms with van der Waals surface area (Å²) in [6, 6.07) is 1.17. The number of carbonyl (C=O) groups is 1. The van der Waals surface area contributed by atoms with E-state index in [0.717, 1.165) is 26.3 Å². The van der Waals surface area contributed by atoms with Crippen molar-refractivity contribution in [1.82, 2.24) is 4.90 Å². The number of phenols is 1. The van der Waals surface area contributed by atoms with Crippen molar-refractivity contribution in [2.75, 3.05) is 32.9 Å². The van der Waals surface area contributed by atoms with E-state index in [4.69, 9.17) is 14.6 Å². The number of hydrogen-bond donors (Lipinski definition) is 1. The fourth-order valence-electron chi connectivity index (χ4n) is 3.06. The highest BCUT2D eigenvalue weighted by Crippen LogP contribution is 2.38. The molecular weight excluding hydrogens is 432 g/mol. The molecule has 0 saturated carbocycles. The topological polar surface area (TPSA) is 188 Å². The van der Waals surface area contributed by atoms with Gasteiger partial charge in [0.15, 0.2) is 0 Å². The molecule has 1 saturated heterocycles. The van der Waals surface area contributed by atoms with E-state index >= 15 is 0 Å². The quantitative estimate of drug-likeness (QED) is 0.342. The molecule has 1 aromatic rings. The molecule has 32 heavy (non-hydrogen) atoms. The minimum atomic E-state index is -1.21. The Bertz CT molecular complexity index is 804. The molecule has 1 N–H and O–H groups in total. The Kier molecular flexibility index (Phi) is 10.4. The number of rotatable bonds is 8. The molecule has 2 rings (SSSR count). The molecule has 0 bridgehead atoms. The number of hydrogen-bond acceptors (Lipinski definition) is 11. The van der Waals surface area contributed by atoms with E-state index in [1.165, 1.54) is 0 Å². The second-order valence-electron chi connectivity index (χ2n) is 7.07. The van der Waals surface area contributed by atoms with Crippen LogP contribution >= 0.6 is 0 Å². The summed E-state index contributed by atoms with van der Waals surface area (Å²) in [6.07, 6.45) is 0.492.